The lowest BCUT2D eigenvalue weighted by Crippen LogP contribution is -2.41. The molecule has 0 saturated heterocycles. The van der Waals surface area contributed by atoms with Crippen LogP contribution in [0.2, 0.25) is 0 Å². The Morgan fingerprint density at radius 1 is 1.18 bits per heavy atom. The second-order valence-corrected chi connectivity index (χ2v) is 7.93. The molecule has 1 aromatic heterocycles. The number of aryl methyl sites for hydroxylation is 2. The normalized spacial score (nSPS) is 12.8. The number of thiazole rings is 1. The maximum atomic E-state index is 5.45. The molecule has 0 aliphatic rings. The third-order valence-corrected chi connectivity index (χ3v) is 5.59. The molecule has 1 atom stereocenters. The summed E-state index contributed by atoms with van der Waals surface area (Å²) in [4.78, 5) is 12.2. The lowest BCUT2D eigenvalue weighted by atomic mass is 10.1. The summed E-state index contributed by atoms with van der Waals surface area (Å²) in [5, 5.41) is 7.88. The van der Waals surface area contributed by atoms with Crippen LogP contribution in [0.5, 0.6) is 11.5 Å². The van der Waals surface area contributed by atoms with E-state index in [1.165, 1.54) is 4.88 Å². The van der Waals surface area contributed by atoms with Crippen LogP contribution in [-0.2, 0) is 6.54 Å². The van der Waals surface area contributed by atoms with Crippen LogP contribution in [0.4, 0.5) is 0 Å². The number of hydrogen-bond donors (Lipinski definition) is 2. The molecule has 0 aliphatic heterocycles. The maximum Gasteiger partial charge on any atom is 0.191 e. The molecule has 0 spiro atoms. The summed E-state index contributed by atoms with van der Waals surface area (Å²) >= 11 is 1.71. The van der Waals surface area contributed by atoms with E-state index in [9.17, 15) is 0 Å². The highest BCUT2D eigenvalue weighted by Gasteiger charge is 2.17. The summed E-state index contributed by atoms with van der Waals surface area (Å²) < 4.78 is 10.8. The molecule has 0 amide bonds. The van der Waals surface area contributed by atoms with Gasteiger partial charge in [-0.15, -0.1) is 11.3 Å². The number of ether oxygens (including phenoxy) is 2. The van der Waals surface area contributed by atoms with Crippen LogP contribution >= 0.6 is 11.3 Å². The first-order chi connectivity index (χ1) is 13.4. The van der Waals surface area contributed by atoms with Gasteiger partial charge < -0.3 is 25.0 Å². The second-order valence-electron chi connectivity index (χ2n) is 6.64. The number of hydrogen-bond acceptors (Lipinski definition) is 6. The first kappa shape index (κ1) is 22.0. The predicted molar refractivity (Wildman–Crippen MR) is 116 cm³/mol. The molecule has 154 valence electrons. The highest BCUT2D eigenvalue weighted by Crippen LogP contribution is 2.31. The topological polar surface area (TPSA) is 71.0 Å². The van der Waals surface area contributed by atoms with Gasteiger partial charge in [-0.1, -0.05) is 6.07 Å². The van der Waals surface area contributed by atoms with Gasteiger partial charge in [0.2, 0.25) is 0 Å². The van der Waals surface area contributed by atoms with Gasteiger partial charge in [0, 0.05) is 18.5 Å². The van der Waals surface area contributed by atoms with E-state index in [1.807, 2.05) is 26.0 Å². The maximum absolute atomic E-state index is 5.45. The first-order valence-corrected chi connectivity index (χ1v) is 9.97. The number of likely N-dealkylation sites (N-methyl/N-ethyl adjacent to an activating group) is 1. The Bertz CT molecular complexity index is 804. The van der Waals surface area contributed by atoms with Gasteiger partial charge in [-0.05, 0) is 45.6 Å². The first-order valence-electron chi connectivity index (χ1n) is 9.15. The summed E-state index contributed by atoms with van der Waals surface area (Å²) in [5.41, 5.74) is 2.21. The molecule has 0 fully saturated rings. The van der Waals surface area contributed by atoms with Crippen molar-refractivity contribution in [2.24, 2.45) is 4.99 Å². The minimum Gasteiger partial charge on any atom is -0.493 e. The molecule has 0 aliphatic carbocycles. The minimum absolute atomic E-state index is 0.144. The van der Waals surface area contributed by atoms with Crippen LogP contribution in [0.15, 0.2) is 23.2 Å². The zero-order valence-corrected chi connectivity index (χ0v) is 18.6. The number of aliphatic imine (C=N–C) groups is 1. The number of nitrogens with one attached hydrogen (secondary N) is 2. The smallest absolute Gasteiger partial charge is 0.191 e. The number of benzene rings is 1. The summed E-state index contributed by atoms with van der Waals surface area (Å²) in [6, 6.07) is 6.16. The summed E-state index contributed by atoms with van der Waals surface area (Å²) in [5.74, 6) is 2.22. The third kappa shape index (κ3) is 5.59. The van der Waals surface area contributed by atoms with Crippen LogP contribution < -0.4 is 20.1 Å². The Hall–Kier alpha value is -2.32. The van der Waals surface area contributed by atoms with E-state index in [1.54, 1.807) is 32.6 Å². The molecule has 0 radical (unpaired) electrons. The molecule has 2 N–H and O–H groups in total. The van der Waals surface area contributed by atoms with Gasteiger partial charge in [0.25, 0.3) is 0 Å². The molecule has 1 heterocycles. The van der Waals surface area contributed by atoms with Gasteiger partial charge in [0.15, 0.2) is 17.5 Å². The second kappa shape index (κ2) is 10.3. The number of aromatic nitrogens is 1. The molecule has 8 heteroatoms. The number of nitrogens with zero attached hydrogens (tertiary/aromatic N) is 3. The van der Waals surface area contributed by atoms with E-state index in [0.717, 1.165) is 33.7 Å². The Balaban J connectivity index is 2.04. The van der Waals surface area contributed by atoms with Crippen molar-refractivity contribution in [2.45, 2.75) is 26.4 Å². The Morgan fingerprint density at radius 2 is 1.89 bits per heavy atom. The van der Waals surface area contributed by atoms with Crippen molar-refractivity contribution >= 4 is 17.3 Å². The van der Waals surface area contributed by atoms with E-state index >= 15 is 0 Å². The predicted octanol–water partition coefficient (Wildman–Crippen LogP) is 2.75. The van der Waals surface area contributed by atoms with Crippen molar-refractivity contribution in [1.82, 2.24) is 20.5 Å². The minimum atomic E-state index is 0.144. The quantitative estimate of drug-likeness (QED) is 0.520. The van der Waals surface area contributed by atoms with Crippen LogP contribution in [0, 0.1) is 13.8 Å². The van der Waals surface area contributed by atoms with Crippen molar-refractivity contribution in [3.05, 3.63) is 39.3 Å². The highest BCUT2D eigenvalue weighted by molar-refractivity contribution is 7.11. The molecular weight excluding hydrogens is 374 g/mol. The molecule has 1 aromatic carbocycles. The third-order valence-electron chi connectivity index (χ3n) is 4.52. The van der Waals surface area contributed by atoms with Gasteiger partial charge in [0.05, 0.1) is 37.5 Å². The fraction of sp³-hybridized carbons (Fsp3) is 0.500. The molecule has 2 rings (SSSR count). The Labute approximate surface area is 171 Å². The molecule has 1 unspecified atom stereocenters. The van der Waals surface area contributed by atoms with E-state index < -0.39 is 0 Å². The van der Waals surface area contributed by atoms with Gasteiger partial charge in [-0.2, -0.15) is 0 Å². The van der Waals surface area contributed by atoms with Gasteiger partial charge in [0.1, 0.15) is 0 Å². The molecule has 0 bridgehead atoms. The zero-order chi connectivity index (χ0) is 20.7. The Morgan fingerprint density at radius 3 is 2.43 bits per heavy atom. The van der Waals surface area contributed by atoms with E-state index in [-0.39, 0.29) is 6.04 Å². The van der Waals surface area contributed by atoms with E-state index in [0.29, 0.717) is 13.1 Å². The Kier molecular flexibility index (Phi) is 8.07. The standard InChI is InChI=1S/C20H31N5O2S/c1-13-19(28-14(2)24-13)12-23-20(21-3)22-11-16(25(4)5)15-8-9-17(26-6)18(10-15)27-7/h8-10,16H,11-12H2,1-7H3,(H2,21,22,23). The molecule has 28 heavy (non-hydrogen) atoms. The fourth-order valence-corrected chi connectivity index (χ4v) is 3.85. The van der Waals surface area contributed by atoms with Crippen molar-refractivity contribution in [3.8, 4) is 11.5 Å². The summed E-state index contributed by atoms with van der Waals surface area (Å²) in [7, 11) is 9.19. The van der Waals surface area contributed by atoms with Crippen molar-refractivity contribution in [1.29, 1.82) is 0 Å². The van der Waals surface area contributed by atoms with Crippen LogP contribution in [-0.4, -0.2) is 57.8 Å². The van der Waals surface area contributed by atoms with Crippen molar-refractivity contribution < 1.29 is 9.47 Å². The molecule has 2 aromatic rings. The van der Waals surface area contributed by atoms with Gasteiger partial charge in [-0.3, -0.25) is 4.99 Å². The van der Waals surface area contributed by atoms with Crippen molar-refractivity contribution in [3.63, 3.8) is 0 Å². The summed E-state index contributed by atoms with van der Waals surface area (Å²) in [6.07, 6.45) is 0. The van der Waals surface area contributed by atoms with E-state index in [4.69, 9.17) is 9.47 Å². The number of methoxy groups -OCH3 is 2. The average molecular weight is 406 g/mol. The van der Waals surface area contributed by atoms with Crippen LogP contribution in [0.3, 0.4) is 0 Å². The van der Waals surface area contributed by atoms with Crippen molar-refractivity contribution in [2.75, 3.05) is 41.9 Å². The van der Waals surface area contributed by atoms with Crippen LogP contribution in [0.25, 0.3) is 0 Å². The largest absolute Gasteiger partial charge is 0.493 e. The summed E-state index contributed by atoms with van der Waals surface area (Å²) in [6.45, 7) is 5.47. The monoisotopic (exact) mass is 405 g/mol. The van der Waals surface area contributed by atoms with Gasteiger partial charge >= 0.3 is 0 Å². The van der Waals surface area contributed by atoms with Crippen LogP contribution in [0.1, 0.15) is 27.2 Å². The lowest BCUT2D eigenvalue weighted by Gasteiger charge is -2.26. The SMILES string of the molecule is CN=C(NCc1sc(C)nc1C)NCC(c1ccc(OC)c(OC)c1)N(C)C. The molecule has 7 nitrogen and oxygen atoms in total. The highest BCUT2D eigenvalue weighted by atomic mass is 32.1. The number of rotatable bonds is 8. The zero-order valence-electron chi connectivity index (χ0n) is 17.8. The average Bonchev–Trinajstić information content (AvgIpc) is 3.00. The van der Waals surface area contributed by atoms with E-state index in [2.05, 4.69) is 45.7 Å². The molecular formula is C20H31N5O2S. The van der Waals surface area contributed by atoms with Gasteiger partial charge in [-0.25, -0.2) is 4.98 Å². The lowest BCUT2D eigenvalue weighted by molar-refractivity contribution is 0.295. The number of guanidine groups is 1. The fourth-order valence-electron chi connectivity index (χ4n) is 2.97. The molecule has 0 saturated carbocycles.